The average molecular weight is 261 g/mol. The van der Waals surface area contributed by atoms with Gasteiger partial charge in [-0.3, -0.25) is 0 Å². The zero-order valence-electron chi connectivity index (χ0n) is 13.0. The highest BCUT2D eigenvalue weighted by Crippen LogP contribution is 2.35. The molecule has 1 aliphatic rings. The van der Waals surface area contributed by atoms with E-state index in [-0.39, 0.29) is 0 Å². The lowest BCUT2D eigenvalue weighted by Crippen LogP contribution is -2.31. The molecule has 1 heterocycles. The molecule has 1 aromatic rings. The van der Waals surface area contributed by atoms with E-state index < -0.39 is 0 Å². The van der Waals surface area contributed by atoms with Crippen LogP contribution in [0.15, 0.2) is 6.07 Å². The van der Waals surface area contributed by atoms with Gasteiger partial charge < -0.3 is 10.1 Å². The number of aryl methyl sites for hydroxylation is 2. The van der Waals surface area contributed by atoms with Gasteiger partial charge in [-0.05, 0) is 81.3 Å². The molecule has 0 spiro atoms. The Bertz CT molecular complexity index is 421. The summed E-state index contributed by atoms with van der Waals surface area (Å²) in [4.78, 5) is 0. The minimum Gasteiger partial charge on any atom is -0.381 e. The van der Waals surface area contributed by atoms with Crippen LogP contribution in [0.5, 0.6) is 0 Å². The monoisotopic (exact) mass is 261 g/mol. The zero-order chi connectivity index (χ0) is 14.0. The number of nitrogens with one attached hydrogen (secondary N) is 1. The SMILES string of the molecule is CNC(c1c(C)c(C)cc(C)c1C)C1CCOCC1. The summed E-state index contributed by atoms with van der Waals surface area (Å²) in [6, 6.07) is 2.77. The molecule has 2 nitrogen and oxygen atoms in total. The lowest BCUT2D eigenvalue weighted by Gasteiger charge is -2.33. The topological polar surface area (TPSA) is 21.3 Å². The molecule has 2 heteroatoms. The third-order valence-corrected chi connectivity index (χ3v) is 4.78. The van der Waals surface area contributed by atoms with Crippen molar-refractivity contribution in [2.45, 2.75) is 46.6 Å². The molecule has 1 fully saturated rings. The Balaban J connectivity index is 2.42. The molecule has 0 saturated carbocycles. The smallest absolute Gasteiger partial charge is 0.0469 e. The Labute approximate surface area is 117 Å². The van der Waals surface area contributed by atoms with E-state index >= 15 is 0 Å². The van der Waals surface area contributed by atoms with E-state index in [1.807, 2.05) is 0 Å². The van der Waals surface area contributed by atoms with Gasteiger partial charge in [0.2, 0.25) is 0 Å². The Hall–Kier alpha value is -0.860. The van der Waals surface area contributed by atoms with Crippen molar-refractivity contribution in [1.82, 2.24) is 5.32 Å². The lowest BCUT2D eigenvalue weighted by molar-refractivity contribution is 0.0544. The first kappa shape index (κ1) is 14.5. The maximum Gasteiger partial charge on any atom is 0.0469 e. The predicted molar refractivity (Wildman–Crippen MR) is 80.7 cm³/mol. The van der Waals surface area contributed by atoms with Crippen LogP contribution in [0.3, 0.4) is 0 Å². The number of benzene rings is 1. The van der Waals surface area contributed by atoms with Crippen molar-refractivity contribution in [1.29, 1.82) is 0 Å². The van der Waals surface area contributed by atoms with E-state index in [9.17, 15) is 0 Å². The van der Waals surface area contributed by atoms with Crippen LogP contribution in [0.2, 0.25) is 0 Å². The standard InChI is InChI=1S/C17H27NO/c1-11-10-12(2)14(4)16(13(11)3)17(18-5)15-6-8-19-9-7-15/h10,15,17-18H,6-9H2,1-5H3. The molecule has 1 unspecified atom stereocenters. The molecule has 1 atom stereocenters. The van der Waals surface area contributed by atoms with Gasteiger partial charge in [0.05, 0.1) is 0 Å². The highest BCUT2D eigenvalue weighted by atomic mass is 16.5. The van der Waals surface area contributed by atoms with Gasteiger partial charge in [0, 0.05) is 19.3 Å². The van der Waals surface area contributed by atoms with E-state index in [2.05, 4.69) is 46.1 Å². The van der Waals surface area contributed by atoms with Gasteiger partial charge in [0.15, 0.2) is 0 Å². The van der Waals surface area contributed by atoms with Crippen molar-refractivity contribution in [3.8, 4) is 0 Å². The summed E-state index contributed by atoms with van der Waals surface area (Å²) in [6.07, 6.45) is 2.33. The third kappa shape index (κ3) is 2.85. The predicted octanol–water partition coefficient (Wildman–Crippen LogP) is 3.61. The lowest BCUT2D eigenvalue weighted by atomic mass is 9.81. The number of hydrogen-bond acceptors (Lipinski definition) is 2. The van der Waals surface area contributed by atoms with Crippen LogP contribution >= 0.6 is 0 Å². The van der Waals surface area contributed by atoms with Crippen LogP contribution in [0.25, 0.3) is 0 Å². The fraction of sp³-hybridized carbons (Fsp3) is 0.647. The molecular weight excluding hydrogens is 234 g/mol. The first-order valence-corrected chi connectivity index (χ1v) is 7.38. The molecule has 0 aromatic heterocycles. The molecule has 2 rings (SSSR count). The summed E-state index contributed by atoms with van der Waals surface area (Å²) in [5, 5.41) is 3.57. The summed E-state index contributed by atoms with van der Waals surface area (Å²) in [6.45, 7) is 10.8. The van der Waals surface area contributed by atoms with Crippen LogP contribution in [0, 0.1) is 33.6 Å². The second kappa shape index (κ2) is 6.06. The van der Waals surface area contributed by atoms with Crippen LogP contribution in [-0.2, 0) is 4.74 Å². The number of rotatable bonds is 3. The first-order chi connectivity index (χ1) is 9.06. The van der Waals surface area contributed by atoms with Crippen molar-refractivity contribution in [3.63, 3.8) is 0 Å². The van der Waals surface area contributed by atoms with Gasteiger partial charge in [0.1, 0.15) is 0 Å². The fourth-order valence-corrected chi connectivity index (χ4v) is 3.38. The van der Waals surface area contributed by atoms with Gasteiger partial charge in [-0.15, -0.1) is 0 Å². The van der Waals surface area contributed by atoms with E-state index in [0.29, 0.717) is 12.0 Å². The van der Waals surface area contributed by atoms with Gasteiger partial charge >= 0.3 is 0 Å². The molecule has 0 bridgehead atoms. The molecular formula is C17H27NO. The van der Waals surface area contributed by atoms with Crippen LogP contribution in [0.1, 0.15) is 46.7 Å². The Kier molecular flexibility index (Phi) is 4.64. The third-order valence-electron chi connectivity index (χ3n) is 4.78. The largest absolute Gasteiger partial charge is 0.381 e. The summed E-state index contributed by atoms with van der Waals surface area (Å²) < 4.78 is 5.51. The van der Waals surface area contributed by atoms with E-state index in [0.717, 1.165) is 26.1 Å². The van der Waals surface area contributed by atoms with Crippen LogP contribution in [0.4, 0.5) is 0 Å². The van der Waals surface area contributed by atoms with Gasteiger partial charge in [-0.2, -0.15) is 0 Å². The maximum atomic E-state index is 5.51. The van der Waals surface area contributed by atoms with Crippen molar-refractivity contribution >= 4 is 0 Å². The molecule has 1 N–H and O–H groups in total. The van der Waals surface area contributed by atoms with Crippen LogP contribution in [-0.4, -0.2) is 20.3 Å². The van der Waals surface area contributed by atoms with E-state index in [1.54, 1.807) is 0 Å². The molecule has 1 aromatic carbocycles. The highest BCUT2D eigenvalue weighted by Gasteiger charge is 2.27. The van der Waals surface area contributed by atoms with E-state index in [4.69, 9.17) is 4.74 Å². The van der Waals surface area contributed by atoms with Crippen molar-refractivity contribution < 1.29 is 4.74 Å². The second-order valence-electron chi connectivity index (χ2n) is 5.89. The molecule has 0 amide bonds. The maximum absolute atomic E-state index is 5.51. The normalized spacial score (nSPS) is 18.6. The highest BCUT2D eigenvalue weighted by molar-refractivity contribution is 5.46. The second-order valence-corrected chi connectivity index (χ2v) is 5.89. The summed E-state index contributed by atoms with van der Waals surface area (Å²) in [5.41, 5.74) is 7.24. The fourth-order valence-electron chi connectivity index (χ4n) is 3.38. The van der Waals surface area contributed by atoms with Crippen LogP contribution < -0.4 is 5.32 Å². The van der Waals surface area contributed by atoms with Crippen molar-refractivity contribution in [3.05, 3.63) is 33.9 Å². The molecule has 1 aliphatic heterocycles. The Morgan fingerprint density at radius 1 is 1.05 bits per heavy atom. The quantitative estimate of drug-likeness (QED) is 0.897. The Morgan fingerprint density at radius 2 is 1.58 bits per heavy atom. The summed E-state index contributed by atoms with van der Waals surface area (Å²) >= 11 is 0. The molecule has 106 valence electrons. The van der Waals surface area contributed by atoms with Gasteiger partial charge in [-0.1, -0.05) is 6.07 Å². The first-order valence-electron chi connectivity index (χ1n) is 7.38. The minimum absolute atomic E-state index is 0.461. The van der Waals surface area contributed by atoms with Crippen molar-refractivity contribution in [2.24, 2.45) is 5.92 Å². The average Bonchev–Trinajstić information content (AvgIpc) is 2.42. The molecule has 0 aliphatic carbocycles. The Morgan fingerprint density at radius 3 is 2.05 bits per heavy atom. The van der Waals surface area contributed by atoms with Gasteiger partial charge in [-0.25, -0.2) is 0 Å². The van der Waals surface area contributed by atoms with Crippen molar-refractivity contribution in [2.75, 3.05) is 20.3 Å². The minimum atomic E-state index is 0.461. The summed E-state index contributed by atoms with van der Waals surface area (Å²) in [5.74, 6) is 0.692. The molecule has 1 saturated heterocycles. The molecule has 19 heavy (non-hydrogen) atoms. The van der Waals surface area contributed by atoms with E-state index in [1.165, 1.54) is 27.8 Å². The number of ether oxygens (including phenoxy) is 1. The van der Waals surface area contributed by atoms with Gasteiger partial charge in [0.25, 0.3) is 0 Å². The zero-order valence-corrected chi connectivity index (χ0v) is 13.0. The summed E-state index contributed by atoms with van der Waals surface area (Å²) in [7, 11) is 2.09. The number of hydrogen-bond donors (Lipinski definition) is 1. The molecule has 0 radical (unpaired) electrons.